The Bertz CT molecular complexity index is 653. The number of rotatable bonds is 2. The molecule has 0 amide bonds. The Labute approximate surface area is 115 Å². The lowest BCUT2D eigenvalue weighted by Crippen LogP contribution is -2.09. The van der Waals surface area contributed by atoms with Crippen molar-refractivity contribution in [2.75, 3.05) is 0 Å². The predicted octanol–water partition coefficient (Wildman–Crippen LogP) is 2.64. The van der Waals surface area contributed by atoms with Crippen LogP contribution in [0.2, 0.25) is 0 Å². The lowest BCUT2D eigenvalue weighted by molar-refractivity contribution is 0.0732. The number of phenolic OH excluding ortho intramolecular Hbond substituents is 3. The Morgan fingerprint density at radius 1 is 1.00 bits per heavy atom. The molecule has 0 saturated heterocycles. The first-order chi connectivity index (χ1) is 9.38. The second-order valence-electron chi connectivity index (χ2n) is 4.52. The highest BCUT2D eigenvalue weighted by atomic mass is 16.5. The third-order valence-electron chi connectivity index (χ3n) is 2.84. The van der Waals surface area contributed by atoms with Crippen molar-refractivity contribution >= 4 is 5.97 Å². The minimum Gasteiger partial charge on any atom is -0.504 e. The number of aromatic hydroxyl groups is 3. The molecule has 0 aliphatic rings. The Morgan fingerprint density at radius 3 is 2.15 bits per heavy atom. The second kappa shape index (κ2) is 5.13. The van der Waals surface area contributed by atoms with Gasteiger partial charge in [0.25, 0.3) is 0 Å². The Hall–Kier alpha value is -2.69. The van der Waals surface area contributed by atoms with Crippen LogP contribution in [0.25, 0.3) is 0 Å². The smallest absolute Gasteiger partial charge is 0.343 e. The molecule has 0 radical (unpaired) electrons. The van der Waals surface area contributed by atoms with Gasteiger partial charge in [-0.25, -0.2) is 4.79 Å². The fourth-order valence-electron chi connectivity index (χ4n) is 1.79. The van der Waals surface area contributed by atoms with Crippen molar-refractivity contribution in [3.05, 3.63) is 47.0 Å². The molecular weight excluding hydrogens is 260 g/mol. The van der Waals surface area contributed by atoms with Crippen LogP contribution >= 0.6 is 0 Å². The van der Waals surface area contributed by atoms with Gasteiger partial charge in [0.15, 0.2) is 17.2 Å². The lowest BCUT2D eigenvalue weighted by Gasteiger charge is -2.09. The van der Waals surface area contributed by atoms with Gasteiger partial charge in [0, 0.05) is 0 Å². The van der Waals surface area contributed by atoms with Gasteiger partial charge in [-0.1, -0.05) is 17.7 Å². The van der Waals surface area contributed by atoms with Crippen molar-refractivity contribution in [1.29, 1.82) is 0 Å². The van der Waals surface area contributed by atoms with Crippen LogP contribution in [-0.4, -0.2) is 21.3 Å². The summed E-state index contributed by atoms with van der Waals surface area (Å²) >= 11 is 0. The van der Waals surface area contributed by atoms with E-state index in [0.29, 0.717) is 5.75 Å². The zero-order valence-electron chi connectivity index (χ0n) is 11.0. The summed E-state index contributed by atoms with van der Waals surface area (Å²) in [5.74, 6) is -2.18. The van der Waals surface area contributed by atoms with Crippen LogP contribution in [0.5, 0.6) is 23.0 Å². The van der Waals surface area contributed by atoms with Gasteiger partial charge in [0.2, 0.25) is 0 Å². The normalized spacial score (nSPS) is 10.3. The van der Waals surface area contributed by atoms with Crippen molar-refractivity contribution in [2.24, 2.45) is 0 Å². The number of aryl methyl sites for hydroxylation is 2. The molecule has 3 N–H and O–H groups in total. The van der Waals surface area contributed by atoms with E-state index in [-0.39, 0.29) is 5.56 Å². The highest BCUT2D eigenvalue weighted by Crippen LogP contribution is 2.35. The van der Waals surface area contributed by atoms with Crippen LogP contribution in [0, 0.1) is 13.8 Å². The van der Waals surface area contributed by atoms with Crippen LogP contribution in [0.15, 0.2) is 30.3 Å². The van der Waals surface area contributed by atoms with Gasteiger partial charge in [0.1, 0.15) is 5.75 Å². The Morgan fingerprint density at radius 2 is 1.60 bits per heavy atom. The van der Waals surface area contributed by atoms with Gasteiger partial charge in [-0.2, -0.15) is 0 Å². The molecule has 0 heterocycles. The van der Waals surface area contributed by atoms with Crippen LogP contribution < -0.4 is 4.74 Å². The Kier molecular flexibility index (Phi) is 3.52. The van der Waals surface area contributed by atoms with Crippen molar-refractivity contribution in [3.8, 4) is 23.0 Å². The maximum absolute atomic E-state index is 11.9. The molecule has 0 aromatic heterocycles. The number of hydrogen-bond donors (Lipinski definition) is 3. The Balaban J connectivity index is 2.28. The first-order valence-corrected chi connectivity index (χ1v) is 5.93. The van der Waals surface area contributed by atoms with E-state index < -0.39 is 23.2 Å². The summed E-state index contributed by atoms with van der Waals surface area (Å²) in [6, 6.07) is 7.40. The van der Waals surface area contributed by atoms with E-state index >= 15 is 0 Å². The van der Waals surface area contributed by atoms with Crippen LogP contribution in [0.3, 0.4) is 0 Å². The fourth-order valence-corrected chi connectivity index (χ4v) is 1.79. The third-order valence-corrected chi connectivity index (χ3v) is 2.84. The molecule has 5 nitrogen and oxygen atoms in total. The fraction of sp³-hybridized carbons (Fsp3) is 0.133. The number of carbonyl (C=O) groups excluding carboxylic acids is 1. The summed E-state index contributed by atoms with van der Waals surface area (Å²) in [4.78, 5) is 11.9. The maximum atomic E-state index is 11.9. The first-order valence-electron chi connectivity index (χ1n) is 5.93. The average molecular weight is 274 g/mol. The van der Waals surface area contributed by atoms with E-state index in [4.69, 9.17) is 4.74 Å². The summed E-state index contributed by atoms with van der Waals surface area (Å²) in [7, 11) is 0. The number of hydrogen-bond acceptors (Lipinski definition) is 5. The van der Waals surface area contributed by atoms with Gasteiger partial charge in [0.05, 0.1) is 5.56 Å². The van der Waals surface area contributed by atoms with Crippen LogP contribution in [0.1, 0.15) is 21.5 Å². The lowest BCUT2D eigenvalue weighted by atomic mass is 10.1. The molecule has 104 valence electrons. The average Bonchev–Trinajstić information content (AvgIpc) is 2.38. The van der Waals surface area contributed by atoms with E-state index in [1.165, 1.54) is 0 Å². The summed E-state index contributed by atoms with van der Waals surface area (Å²) in [5, 5.41) is 28.0. The number of esters is 1. The molecule has 0 spiro atoms. The standard InChI is InChI=1S/C15H14O5/c1-8-3-4-13(9(2)5-8)20-15(19)10-6-11(16)14(18)12(17)7-10/h3-7,16-18H,1-2H3. The van der Waals surface area contributed by atoms with E-state index in [9.17, 15) is 20.1 Å². The number of ether oxygens (including phenoxy) is 1. The molecule has 0 aliphatic carbocycles. The van der Waals surface area contributed by atoms with Crippen molar-refractivity contribution in [1.82, 2.24) is 0 Å². The van der Waals surface area contributed by atoms with Gasteiger partial charge < -0.3 is 20.1 Å². The highest BCUT2D eigenvalue weighted by Gasteiger charge is 2.16. The zero-order chi connectivity index (χ0) is 14.9. The van der Waals surface area contributed by atoms with Crippen molar-refractivity contribution < 1.29 is 24.9 Å². The first kappa shape index (κ1) is 13.7. The molecule has 0 unspecified atom stereocenters. The summed E-state index contributed by atoms with van der Waals surface area (Å²) < 4.78 is 5.19. The molecule has 0 aliphatic heterocycles. The maximum Gasteiger partial charge on any atom is 0.343 e. The third kappa shape index (κ3) is 2.66. The topological polar surface area (TPSA) is 87.0 Å². The minimum absolute atomic E-state index is 0.0576. The van der Waals surface area contributed by atoms with Crippen LogP contribution in [-0.2, 0) is 0 Å². The molecule has 0 fully saturated rings. The summed E-state index contributed by atoms with van der Waals surface area (Å²) in [6.45, 7) is 3.73. The van der Waals surface area contributed by atoms with Crippen LogP contribution in [0.4, 0.5) is 0 Å². The van der Waals surface area contributed by atoms with E-state index in [2.05, 4.69) is 0 Å². The number of phenols is 3. The molecule has 0 atom stereocenters. The quantitative estimate of drug-likeness (QED) is 0.445. The van der Waals surface area contributed by atoms with Gasteiger partial charge >= 0.3 is 5.97 Å². The van der Waals surface area contributed by atoms with Crippen molar-refractivity contribution in [3.63, 3.8) is 0 Å². The van der Waals surface area contributed by atoms with Gasteiger partial charge in [-0.15, -0.1) is 0 Å². The molecular formula is C15H14O5. The summed E-state index contributed by atoms with van der Waals surface area (Å²) in [5.41, 5.74) is 1.78. The van der Waals surface area contributed by atoms with Gasteiger partial charge in [-0.3, -0.25) is 0 Å². The highest BCUT2D eigenvalue weighted by molar-refractivity contribution is 5.92. The SMILES string of the molecule is Cc1ccc(OC(=O)c2cc(O)c(O)c(O)c2)c(C)c1. The van der Waals surface area contributed by atoms with Crippen molar-refractivity contribution in [2.45, 2.75) is 13.8 Å². The minimum atomic E-state index is -0.734. The summed E-state index contributed by atoms with van der Waals surface area (Å²) in [6.07, 6.45) is 0. The number of benzene rings is 2. The molecule has 0 saturated carbocycles. The predicted molar refractivity (Wildman–Crippen MR) is 72.3 cm³/mol. The molecule has 5 heteroatoms. The molecule has 2 aromatic carbocycles. The monoisotopic (exact) mass is 274 g/mol. The van der Waals surface area contributed by atoms with E-state index in [0.717, 1.165) is 23.3 Å². The second-order valence-corrected chi connectivity index (χ2v) is 4.52. The molecule has 2 rings (SSSR count). The van der Waals surface area contributed by atoms with E-state index in [1.807, 2.05) is 13.0 Å². The van der Waals surface area contributed by atoms with E-state index in [1.54, 1.807) is 19.1 Å². The zero-order valence-corrected chi connectivity index (χ0v) is 11.0. The number of carbonyl (C=O) groups is 1. The largest absolute Gasteiger partial charge is 0.504 e. The molecule has 2 aromatic rings. The molecule has 20 heavy (non-hydrogen) atoms. The van der Waals surface area contributed by atoms with Gasteiger partial charge in [-0.05, 0) is 37.6 Å². The molecule has 0 bridgehead atoms.